The van der Waals surface area contributed by atoms with Crippen molar-refractivity contribution >= 4 is 16.9 Å². The Hall–Kier alpha value is -2.01. The topological polar surface area (TPSA) is 99.3 Å². The minimum atomic E-state index is -1.05. The number of rotatable bonds is 3. The number of H-pyrrole nitrogens is 1. The number of nitrogens with one attached hydrogen (secondary N) is 1. The summed E-state index contributed by atoms with van der Waals surface area (Å²) in [5.41, 5.74) is 7.92. The predicted octanol–water partition coefficient (Wildman–Crippen LogP) is 1.14. The molecule has 2 aromatic rings. The molecule has 0 saturated heterocycles. The molecule has 0 bridgehead atoms. The molecule has 1 heterocycles. The van der Waals surface area contributed by atoms with Gasteiger partial charge in [0.05, 0.1) is 0 Å². The van der Waals surface area contributed by atoms with E-state index in [1.54, 1.807) is 12.3 Å². The van der Waals surface area contributed by atoms with Crippen molar-refractivity contribution < 1.29 is 15.0 Å². The molecule has 0 aliphatic heterocycles. The summed E-state index contributed by atoms with van der Waals surface area (Å²) in [6.07, 6.45) is 1.87. The molecule has 0 aliphatic rings. The zero-order valence-corrected chi connectivity index (χ0v) is 9.40. The predicted molar refractivity (Wildman–Crippen MR) is 64.0 cm³/mol. The van der Waals surface area contributed by atoms with Crippen molar-refractivity contribution in [1.29, 1.82) is 0 Å². The molecule has 1 aromatic carbocycles. The first kappa shape index (κ1) is 11.5. The summed E-state index contributed by atoms with van der Waals surface area (Å²) < 4.78 is 0. The van der Waals surface area contributed by atoms with Crippen LogP contribution in [0.15, 0.2) is 18.3 Å². The average Bonchev–Trinajstić information content (AvgIpc) is 2.60. The number of hydrogen-bond acceptors (Lipinski definition) is 3. The van der Waals surface area contributed by atoms with Gasteiger partial charge in [-0.2, -0.15) is 0 Å². The van der Waals surface area contributed by atoms with Gasteiger partial charge >= 0.3 is 5.97 Å². The molecule has 0 fully saturated rings. The highest BCUT2D eigenvalue weighted by Crippen LogP contribution is 2.29. The van der Waals surface area contributed by atoms with Gasteiger partial charge in [0.1, 0.15) is 11.8 Å². The van der Waals surface area contributed by atoms with E-state index < -0.39 is 12.0 Å². The lowest BCUT2D eigenvalue weighted by Gasteiger charge is -2.06. The summed E-state index contributed by atoms with van der Waals surface area (Å²) in [4.78, 5) is 13.7. The summed E-state index contributed by atoms with van der Waals surface area (Å²) in [5, 5.41) is 19.3. The zero-order valence-electron chi connectivity index (χ0n) is 9.40. The summed E-state index contributed by atoms with van der Waals surface area (Å²) in [6, 6.07) is 2.58. The fourth-order valence-electron chi connectivity index (χ4n) is 1.94. The molecule has 5 heteroatoms. The summed E-state index contributed by atoms with van der Waals surface area (Å²) >= 11 is 0. The molecule has 0 radical (unpaired) electrons. The molecule has 0 saturated carbocycles. The normalized spacial score (nSPS) is 12.8. The average molecular weight is 234 g/mol. The van der Waals surface area contributed by atoms with Crippen LogP contribution in [0.25, 0.3) is 10.9 Å². The molecule has 0 amide bonds. The van der Waals surface area contributed by atoms with Gasteiger partial charge in [-0.15, -0.1) is 0 Å². The van der Waals surface area contributed by atoms with E-state index in [-0.39, 0.29) is 12.2 Å². The van der Waals surface area contributed by atoms with Gasteiger partial charge < -0.3 is 20.9 Å². The van der Waals surface area contributed by atoms with Gasteiger partial charge in [0.2, 0.25) is 0 Å². The highest BCUT2D eigenvalue weighted by atomic mass is 16.4. The SMILES string of the molecule is Cc1cc(O)c2c(C[C@H](N)C(=O)O)c[nH]c2c1. The molecule has 5 N–H and O–H groups in total. The summed E-state index contributed by atoms with van der Waals surface area (Å²) in [6.45, 7) is 1.88. The van der Waals surface area contributed by atoms with Crippen molar-refractivity contribution in [1.82, 2.24) is 4.98 Å². The number of aryl methyl sites for hydroxylation is 1. The Balaban J connectivity index is 2.46. The van der Waals surface area contributed by atoms with E-state index in [0.717, 1.165) is 11.1 Å². The molecule has 0 aliphatic carbocycles. The van der Waals surface area contributed by atoms with Crippen molar-refractivity contribution in [3.05, 3.63) is 29.5 Å². The number of aromatic nitrogens is 1. The number of aromatic hydroxyl groups is 1. The Labute approximate surface area is 97.9 Å². The van der Waals surface area contributed by atoms with Crippen LogP contribution >= 0.6 is 0 Å². The van der Waals surface area contributed by atoms with Crippen molar-refractivity contribution in [2.24, 2.45) is 5.73 Å². The monoisotopic (exact) mass is 234 g/mol. The highest BCUT2D eigenvalue weighted by Gasteiger charge is 2.16. The first-order valence-electron chi connectivity index (χ1n) is 5.27. The minimum absolute atomic E-state index is 0.147. The van der Waals surface area contributed by atoms with E-state index in [0.29, 0.717) is 10.9 Å². The fourth-order valence-corrected chi connectivity index (χ4v) is 1.94. The summed E-state index contributed by atoms with van der Waals surface area (Å²) in [7, 11) is 0. The third-order valence-electron chi connectivity index (χ3n) is 2.74. The molecule has 90 valence electrons. The third-order valence-corrected chi connectivity index (χ3v) is 2.74. The summed E-state index contributed by atoms with van der Waals surface area (Å²) in [5.74, 6) is -0.903. The molecular formula is C12H14N2O3. The Morgan fingerprint density at radius 2 is 2.24 bits per heavy atom. The van der Waals surface area contributed by atoms with Crippen LogP contribution in [0.5, 0.6) is 5.75 Å². The molecule has 5 nitrogen and oxygen atoms in total. The molecule has 0 unspecified atom stereocenters. The Morgan fingerprint density at radius 3 is 2.88 bits per heavy atom. The number of aromatic amines is 1. The van der Waals surface area contributed by atoms with Crippen molar-refractivity contribution in [2.45, 2.75) is 19.4 Å². The van der Waals surface area contributed by atoms with Gasteiger partial charge in [-0.05, 0) is 30.2 Å². The van der Waals surface area contributed by atoms with E-state index in [1.807, 2.05) is 13.0 Å². The first-order valence-corrected chi connectivity index (χ1v) is 5.27. The second-order valence-corrected chi connectivity index (χ2v) is 4.17. The maximum absolute atomic E-state index is 10.7. The quantitative estimate of drug-likeness (QED) is 0.639. The highest BCUT2D eigenvalue weighted by molar-refractivity contribution is 5.90. The smallest absolute Gasteiger partial charge is 0.320 e. The molecule has 2 rings (SSSR count). The number of phenolic OH excluding ortho intramolecular Hbond substituents is 1. The van der Waals surface area contributed by atoms with Crippen LogP contribution in [0.4, 0.5) is 0 Å². The van der Waals surface area contributed by atoms with Crippen molar-refractivity contribution in [2.75, 3.05) is 0 Å². The molecule has 1 aromatic heterocycles. The Bertz CT molecular complexity index is 574. The maximum atomic E-state index is 10.7. The number of carboxylic acids is 1. The van der Waals surface area contributed by atoms with Gasteiger partial charge in [0.15, 0.2) is 0 Å². The number of benzene rings is 1. The Morgan fingerprint density at radius 1 is 1.53 bits per heavy atom. The standard InChI is InChI=1S/C12H14N2O3/c1-6-2-9-11(10(15)3-6)7(5-14-9)4-8(13)12(16)17/h2-3,5,8,14-15H,4,13H2,1H3,(H,16,17)/t8-/m0/s1. The van der Waals surface area contributed by atoms with Crippen LogP contribution < -0.4 is 5.73 Å². The number of phenols is 1. The maximum Gasteiger partial charge on any atom is 0.320 e. The number of nitrogens with two attached hydrogens (primary N) is 1. The second kappa shape index (κ2) is 4.10. The van der Waals surface area contributed by atoms with E-state index in [2.05, 4.69) is 4.98 Å². The molecule has 0 spiro atoms. The third kappa shape index (κ3) is 2.09. The van der Waals surface area contributed by atoms with Gasteiger partial charge in [0.25, 0.3) is 0 Å². The van der Waals surface area contributed by atoms with Crippen molar-refractivity contribution in [3.8, 4) is 5.75 Å². The van der Waals surface area contributed by atoms with Crippen LogP contribution in [0.2, 0.25) is 0 Å². The molecule has 17 heavy (non-hydrogen) atoms. The second-order valence-electron chi connectivity index (χ2n) is 4.17. The van der Waals surface area contributed by atoms with Gasteiger partial charge in [0, 0.05) is 23.5 Å². The van der Waals surface area contributed by atoms with Crippen LogP contribution in [0.3, 0.4) is 0 Å². The minimum Gasteiger partial charge on any atom is -0.507 e. The zero-order chi connectivity index (χ0) is 12.6. The molecule has 1 atom stereocenters. The van der Waals surface area contributed by atoms with Crippen LogP contribution in [0.1, 0.15) is 11.1 Å². The van der Waals surface area contributed by atoms with Crippen LogP contribution in [0, 0.1) is 6.92 Å². The number of hydrogen-bond donors (Lipinski definition) is 4. The lowest BCUT2D eigenvalue weighted by atomic mass is 10.0. The molecular weight excluding hydrogens is 220 g/mol. The van der Waals surface area contributed by atoms with Crippen LogP contribution in [-0.4, -0.2) is 27.2 Å². The van der Waals surface area contributed by atoms with Gasteiger partial charge in [-0.1, -0.05) is 0 Å². The van der Waals surface area contributed by atoms with Gasteiger partial charge in [-0.3, -0.25) is 4.79 Å². The van der Waals surface area contributed by atoms with E-state index in [9.17, 15) is 9.90 Å². The van der Waals surface area contributed by atoms with Crippen molar-refractivity contribution in [3.63, 3.8) is 0 Å². The number of carbonyl (C=O) groups is 1. The number of aliphatic carboxylic acids is 1. The van der Waals surface area contributed by atoms with E-state index in [1.165, 1.54) is 0 Å². The van der Waals surface area contributed by atoms with E-state index in [4.69, 9.17) is 10.8 Å². The lowest BCUT2D eigenvalue weighted by Crippen LogP contribution is -2.32. The Kier molecular flexibility index (Phi) is 2.77. The number of carboxylic acid groups (broad SMARTS) is 1. The largest absolute Gasteiger partial charge is 0.507 e. The van der Waals surface area contributed by atoms with Crippen LogP contribution in [-0.2, 0) is 11.2 Å². The van der Waals surface area contributed by atoms with E-state index >= 15 is 0 Å². The first-order chi connectivity index (χ1) is 7.99. The van der Waals surface area contributed by atoms with Gasteiger partial charge in [-0.25, -0.2) is 0 Å². The fraction of sp³-hybridized carbons (Fsp3) is 0.250. The lowest BCUT2D eigenvalue weighted by molar-refractivity contribution is -0.138. The number of fused-ring (bicyclic) bond motifs is 1.